The molecule has 0 fully saturated rings. The lowest BCUT2D eigenvalue weighted by Gasteiger charge is -2.33. The molecular formula is C25H28ClN3O2S. The number of aliphatic hydroxyl groups excluding tert-OH is 1. The number of aliphatic hydroxyl groups is 1. The summed E-state index contributed by atoms with van der Waals surface area (Å²) in [5.74, 6) is 0.339. The molecule has 3 aromatic rings. The average molecular weight is 470 g/mol. The summed E-state index contributed by atoms with van der Waals surface area (Å²) in [6.07, 6.45) is 5.05. The van der Waals surface area contributed by atoms with E-state index in [-0.39, 0.29) is 16.9 Å². The van der Waals surface area contributed by atoms with E-state index in [1.54, 1.807) is 17.8 Å². The Morgan fingerprint density at radius 2 is 1.81 bits per heavy atom. The Kier molecular flexibility index (Phi) is 6.65. The Labute approximate surface area is 197 Å². The summed E-state index contributed by atoms with van der Waals surface area (Å²) in [7, 11) is 0. The van der Waals surface area contributed by atoms with E-state index in [0.717, 1.165) is 17.7 Å². The predicted molar refractivity (Wildman–Crippen MR) is 133 cm³/mol. The molecule has 2 aromatic carbocycles. The van der Waals surface area contributed by atoms with Gasteiger partial charge in [-0.05, 0) is 54.7 Å². The van der Waals surface area contributed by atoms with Crippen molar-refractivity contribution in [1.29, 1.82) is 0 Å². The molecule has 2 N–H and O–H groups in total. The summed E-state index contributed by atoms with van der Waals surface area (Å²) >= 11 is 7.80. The van der Waals surface area contributed by atoms with E-state index in [9.17, 15) is 9.90 Å². The van der Waals surface area contributed by atoms with Crippen molar-refractivity contribution < 1.29 is 5.11 Å². The van der Waals surface area contributed by atoms with Crippen molar-refractivity contribution in [3.05, 3.63) is 81.9 Å². The van der Waals surface area contributed by atoms with Gasteiger partial charge in [0.15, 0.2) is 5.82 Å². The fourth-order valence-electron chi connectivity index (χ4n) is 3.75. The number of allylic oxidation sites excluding steroid dienone is 1. The molecule has 1 aliphatic rings. The second-order valence-corrected chi connectivity index (χ2v) is 10.9. The smallest absolute Gasteiger partial charge is 0.280 e. The van der Waals surface area contributed by atoms with Gasteiger partial charge >= 0.3 is 0 Å². The van der Waals surface area contributed by atoms with Gasteiger partial charge in [-0.2, -0.15) is 0 Å². The molecule has 0 saturated heterocycles. The lowest BCUT2D eigenvalue weighted by Crippen LogP contribution is -2.45. The molecule has 1 aliphatic carbocycles. The van der Waals surface area contributed by atoms with Crippen LogP contribution in [0.25, 0.3) is 10.9 Å². The quantitative estimate of drug-likeness (QED) is 0.479. The normalized spacial score (nSPS) is 19.8. The van der Waals surface area contributed by atoms with Crippen LogP contribution in [0.1, 0.15) is 45.5 Å². The van der Waals surface area contributed by atoms with E-state index < -0.39 is 11.5 Å². The molecule has 168 valence electrons. The first-order chi connectivity index (χ1) is 15.2. The van der Waals surface area contributed by atoms with Crippen LogP contribution in [0.15, 0.2) is 70.4 Å². The SMILES string of the molecule is CC(C)(C)[C@H](O)c1nc2ccccc2c(=O)n1N[C@@H]1CC=CC[C@H]1Sc1ccc(Cl)cc1. The standard InChI is InChI=1S/C25H28ClN3O2S/c1-25(2,3)22(30)23-27-19-9-5-4-8-18(19)24(31)29(23)28-20-10-6-7-11-21(20)32-17-14-12-16(26)13-15-17/h4-9,12-15,20-22,28,30H,10-11H2,1-3H3/t20-,21-,22-/m1/s1. The topological polar surface area (TPSA) is 67.2 Å². The molecule has 1 aromatic heterocycles. The highest BCUT2D eigenvalue weighted by Gasteiger charge is 2.31. The van der Waals surface area contributed by atoms with Crippen molar-refractivity contribution in [3.63, 3.8) is 0 Å². The zero-order chi connectivity index (χ0) is 22.9. The number of aromatic nitrogens is 2. The largest absolute Gasteiger partial charge is 0.385 e. The Hall–Kier alpha value is -2.28. The number of thioether (sulfide) groups is 1. The number of fused-ring (bicyclic) bond motifs is 1. The van der Waals surface area contributed by atoms with Crippen molar-refractivity contribution >= 4 is 34.3 Å². The minimum atomic E-state index is -0.909. The average Bonchev–Trinajstić information content (AvgIpc) is 2.77. The highest BCUT2D eigenvalue weighted by Crippen LogP contribution is 2.34. The van der Waals surface area contributed by atoms with E-state index in [2.05, 4.69) is 17.6 Å². The summed E-state index contributed by atoms with van der Waals surface area (Å²) in [4.78, 5) is 19.3. The van der Waals surface area contributed by atoms with Gasteiger partial charge in [-0.15, -0.1) is 11.8 Å². The molecule has 0 unspecified atom stereocenters. The van der Waals surface area contributed by atoms with Gasteiger partial charge in [0, 0.05) is 15.2 Å². The Balaban J connectivity index is 1.72. The lowest BCUT2D eigenvalue weighted by atomic mass is 9.88. The molecule has 4 rings (SSSR count). The summed E-state index contributed by atoms with van der Waals surface area (Å²) in [5.41, 5.74) is 3.34. The van der Waals surface area contributed by atoms with Crippen LogP contribution in [-0.2, 0) is 0 Å². The molecule has 0 aliphatic heterocycles. The second kappa shape index (κ2) is 9.30. The molecule has 0 radical (unpaired) electrons. The molecule has 0 amide bonds. The maximum absolute atomic E-state index is 13.5. The minimum Gasteiger partial charge on any atom is -0.385 e. The third-order valence-corrected chi connectivity index (χ3v) is 7.26. The van der Waals surface area contributed by atoms with E-state index in [1.165, 1.54) is 4.68 Å². The zero-order valence-corrected chi connectivity index (χ0v) is 20.0. The van der Waals surface area contributed by atoms with Crippen molar-refractivity contribution in [2.45, 2.75) is 55.9 Å². The first-order valence-electron chi connectivity index (χ1n) is 10.8. The first kappa shape index (κ1) is 22.9. The molecule has 5 nitrogen and oxygen atoms in total. The number of para-hydroxylation sites is 1. The van der Waals surface area contributed by atoms with E-state index in [0.29, 0.717) is 21.7 Å². The molecule has 32 heavy (non-hydrogen) atoms. The maximum Gasteiger partial charge on any atom is 0.280 e. The molecule has 7 heteroatoms. The van der Waals surface area contributed by atoms with Crippen LogP contribution in [-0.4, -0.2) is 26.1 Å². The van der Waals surface area contributed by atoms with Gasteiger partial charge < -0.3 is 10.5 Å². The molecule has 1 heterocycles. The van der Waals surface area contributed by atoms with Gasteiger partial charge in [-0.1, -0.05) is 56.7 Å². The van der Waals surface area contributed by atoms with Crippen LogP contribution in [0.3, 0.4) is 0 Å². The van der Waals surface area contributed by atoms with Crippen LogP contribution in [0.4, 0.5) is 0 Å². The van der Waals surface area contributed by atoms with Crippen molar-refractivity contribution in [3.8, 4) is 0 Å². The maximum atomic E-state index is 13.5. The number of hydrogen-bond acceptors (Lipinski definition) is 5. The van der Waals surface area contributed by atoms with E-state index in [4.69, 9.17) is 16.6 Å². The fraction of sp³-hybridized carbons (Fsp3) is 0.360. The van der Waals surface area contributed by atoms with Crippen LogP contribution in [0.2, 0.25) is 5.02 Å². The van der Waals surface area contributed by atoms with Gasteiger partial charge in [-0.25, -0.2) is 9.66 Å². The Morgan fingerprint density at radius 3 is 2.53 bits per heavy atom. The number of hydrogen-bond donors (Lipinski definition) is 2. The van der Waals surface area contributed by atoms with Crippen molar-refractivity contribution in [1.82, 2.24) is 9.66 Å². The number of nitrogens with one attached hydrogen (secondary N) is 1. The second-order valence-electron chi connectivity index (χ2n) is 9.18. The molecule has 0 bridgehead atoms. The van der Waals surface area contributed by atoms with Gasteiger partial charge in [0.2, 0.25) is 0 Å². The summed E-state index contributed by atoms with van der Waals surface area (Å²) in [6.45, 7) is 5.81. The summed E-state index contributed by atoms with van der Waals surface area (Å²) in [6, 6.07) is 15.1. The van der Waals surface area contributed by atoms with Gasteiger partial charge in [0.25, 0.3) is 5.56 Å². The summed E-state index contributed by atoms with van der Waals surface area (Å²) < 4.78 is 1.47. The minimum absolute atomic E-state index is 0.00717. The number of benzene rings is 2. The summed E-state index contributed by atoms with van der Waals surface area (Å²) in [5, 5.41) is 12.5. The Bertz CT molecular complexity index is 1180. The predicted octanol–water partition coefficient (Wildman–Crippen LogP) is 5.55. The van der Waals surface area contributed by atoms with Crippen LogP contribution in [0.5, 0.6) is 0 Å². The lowest BCUT2D eigenvalue weighted by molar-refractivity contribution is 0.0516. The molecule has 0 saturated carbocycles. The van der Waals surface area contributed by atoms with Gasteiger partial charge in [0.05, 0.1) is 16.9 Å². The Morgan fingerprint density at radius 1 is 1.12 bits per heavy atom. The number of nitrogens with zero attached hydrogens (tertiary/aromatic N) is 2. The highest BCUT2D eigenvalue weighted by atomic mass is 35.5. The van der Waals surface area contributed by atoms with Crippen LogP contribution in [0, 0.1) is 5.41 Å². The van der Waals surface area contributed by atoms with Crippen molar-refractivity contribution in [2.75, 3.05) is 5.43 Å². The number of halogens is 1. The van der Waals surface area contributed by atoms with E-state index >= 15 is 0 Å². The zero-order valence-electron chi connectivity index (χ0n) is 18.5. The fourth-order valence-corrected chi connectivity index (χ4v) is 5.07. The third kappa shape index (κ3) is 4.87. The third-order valence-electron chi connectivity index (χ3n) is 5.64. The van der Waals surface area contributed by atoms with Gasteiger partial charge in [-0.3, -0.25) is 4.79 Å². The van der Waals surface area contributed by atoms with Gasteiger partial charge in [0.1, 0.15) is 6.10 Å². The molecule has 3 atom stereocenters. The van der Waals surface area contributed by atoms with Crippen LogP contribution < -0.4 is 11.0 Å². The van der Waals surface area contributed by atoms with Crippen LogP contribution >= 0.6 is 23.4 Å². The first-order valence-corrected chi connectivity index (χ1v) is 12.0. The monoisotopic (exact) mass is 469 g/mol. The number of rotatable bonds is 5. The highest BCUT2D eigenvalue weighted by molar-refractivity contribution is 8.00. The van der Waals surface area contributed by atoms with Crippen molar-refractivity contribution in [2.24, 2.45) is 5.41 Å². The van der Waals surface area contributed by atoms with E-state index in [1.807, 2.05) is 63.2 Å². The molecule has 0 spiro atoms. The molecular weight excluding hydrogens is 442 g/mol.